The van der Waals surface area contributed by atoms with Crippen LogP contribution in [0.25, 0.3) is 0 Å². The number of nitrogens with zero attached hydrogens (tertiary/aromatic N) is 3. The van der Waals surface area contributed by atoms with E-state index in [-0.39, 0.29) is 43.0 Å². The minimum Gasteiger partial charge on any atom is -0.493 e. The van der Waals surface area contributed by atoms with Gasteiger partial charge in [0.1, 0.15) is 29.1 Å². The van der Waals surface area contributed by atoms with E-state index in [0.29, 0.717) is 5.75 Å². The molecule has 2 aromatic rings. The summed E-state index contributed by atoms with van der Waals surface area (Å²) >= 11 is 6.16. The van der Waals surface area contributed by atoms with Crippen molar-refractivity contribution in [3.8, 4) is 35.1 Å². The summed E-state index contributed by atoms with van der Waals surface area (Å²) in [6.07, 6.45) is 2.56. The Bertz CT molecular complexity index is 1180. The number of nitro benzene ring substituents is 1. The van der Waals surface area contributed by atoms with Gasteiger partial charge in [0.2, 0.25) is 0 Å². The number of rotatable bonds is 5. The standard InChI is InChI=1S/C9H7BrFNO2.C9H7BrN2O4.C4H8O.CH4BF/c1-13-7-3-6(11)5(4-12)8(10)9(7)14-2;1-15-7-3-6(12(13)14)5(4-11)8(10)9(7)16-2;1-2-4-5-3-1;1-2-3/h3H,1-2H3;3H,1-2H3;1-4H2;2H,1H3/i;;;2T. The molecule has 1 aliphatic heterocycles. The van der Waals surface area contributed by atoms with Crippen LogP contribution in [-0.2, 0) is 4.74 Å². The molecule has 1 saturated heterocycles. The molecule has 2 aromatic carbocycles. The van der Waals surface area contributed by atoms with Crippen LogP contribution in [0, 0.1) is 38.6 Å². The van der Waals surface area contributed by atoms with Crippen molar-refractivity contribution in [2.75, 3.05) is 41.7 Å². The van der Waals surface area contributed by atoms with Gasteiger partial charge in [-0.15, -0.1) is 0 Å². The molecule has 0 unspecified atom stereocenters. The van der Waals surface area contributed by atoms with Crippen LogP contribution in [0.3, 0.4) is 0 Å². The van der Waals surface area contributed by atoms with E-state index in [4.69, 9.17) is 35.5 Å². The van der Waals surface area contributed by atoms with Gasteiger partial charge in [0.05, 0.1) is 48.4 Å². The Morgan fingerprint density at radius 2 is 1.42 bits per heavy atom. The molecular formula is C23H26BBr2F2N3O7. The van der Waals surface area contributed by atoms with Gasteiger partial charge in [-0.25, -0.2) is 4.39 Å². The highest BCUT2D eigenvalue weighted by Gasteiger charge is 2.24. The van der Waals surface area contributed by atoms with Crippen molar-refractivity contribution < 1.29 is 37.3 Å². The Kier molecular flexibility index (Phi) is 16.5. The second-order valence-corrected chi connectivity index (χ2v) is 8.21. The molecule has 10 nitrogen and oxygen atoms in total. The highest BCUT2D eigenvalue weighted by atomic mass is 79.9. The minimum atomic E-state index is -1.42. The van der Waals surface area contributed by atoms with E-state index in [1.54, 1.807) is 12.1 Å². The number of benzene rings is 2. The molecule has 0 spiro atoms. The maximum atomic E-state index is 13.2. The molecule has 0 bridgehead atoms. The van der Waals surface area contributed by atoms with Crippen molar-refractivity contribution in [3.05, 3.63) is 48.1 Å². The topological polar surface area (TPSA) is 137 Å². The zero-order valence-corrected chi connectivity index (χ0v) is 24.4. The number of nitro groups is 1. The predicted molar refractivity (Wildman–Crippen MR) is 145 cm³/mol. The molecule has 0 amide bonds. The molecule has 206 valence electrons. The molecule has 0 radical (unpaired) electrons. The van der Waals surface area contributed by atoms with Crippen molar-refractivity contribution >= 4 is 45.1 Å². The Hall–Kier alpha value is -3.14. The maximum Gasteiger partial charge on any atom is 0.328 e. The van der Waals surface area contributed by atoms with Gasteiger partial charge in [-0.2, -0.15) is 10.5 Å². The Morgan fingerprint density at radius 3 is 1.74 bits per heavy atom. The molecule has 3 rings (SSSR count). The Balaban J connectivity index is 0.000000566. The molecule has 0 N–H and O–H groups in total. The van der Waals surface area contributed by atoms with Crippen LogP contribution in [0.5, 0.6) is 23.0 Å². The summed E-state index contributed by atoms with van der Waals surface area (Å²) in [4.78, 5) is 10.1. The highest BCUT2D eigenvalue weighted by Crippen LogP contribution is 2.42. The highest BCUT2D eigenvalue weighted by molar-refractivity contribution is 9.11. The Morgan fingerprint density at radius 1 is 1.00 bits per heavy atom. The van der Waals surface area contributed by atoms with Crippen molar-refractivity contribution in [2.45, 2.75) is 19.7 Å². The predicted octanol–water partition coefficient (Wildman–Crippen LogP) is 5.88. The van der Waals surface area contributed by atoms with Crippen LogP contribution in [0.1, 0.15) is 24.0 Å². The smallest absolute Gasteiger partial charge is 0.328 e. The fraction of sp³-hybridized carbons (Fsp3) is 0.391. The molecule has 0 aliphatic carbocycles. The molecule has 0 saturated carbocycles. The lowest BCUT2D eigenvalue weighted by molar-refractivity contribution is -0.385. The first kappa shape index (κ1) is 32.9. The fourth-order valence-electron chi connectivity index (χ4n) is 2.72. The van der Waals surface area contributed by atoms with Crippen LogP contribution < -0.4 is 18.9 Å². The van der Waals surface area contributed by atoms with Crippen molar-refractivity contribution in [1.29, 1.82) is 11.9 Å². The van der Waals surface area contributed by atoms with Gasteiger partial charge >= 0.3 is 7.52 Å². The van der Waals surface area contributed by atoms with Crippen molar-refractivity contribution in [2.24, 2.45) is 0 Å². The third kappa shape index (κ3) is 9.97. The number of halogens is 4. The van der Waals surface area contributed by atoms with Gasteiger partial charge in [0, 0.05) is 20.6 Å². The lowest BCUT2D eigenvalue weighted by atomic mass is 10.1. The molecule has 1 heterocycles. The zero-order valence-electron chi connectivity index (χ0n) is 22.3. The summed E-state index contributed by atoms with van der Waals surface area (Å²) in [5, 5.41) is 28.3. The number of hydrogen-bond acceptors (Lipinski definition) is 9. The van der Waals surface area contributed by atoms with Crippen molar-refractivity contribution in [1.82, 2.24) is 0 Å². The molecule has 15 heteroatoms. The van der Waals surface area contributed by atoms with Crippen LogP contribution in [-0.4, -0.2) is 55.4 Å². The molecule has 0 atom stereocenters. The SMILES string of the molecule is C1CCOC1.COc1cc(F)c(C#N)c(Br)c1OC.COc1cc([N+](=O)[O-])c(C#N)c(Br)c1OC.[3H]B(C)F. The first-order valence-corrected chi connectivity index (χ1v) is 12.2. The van der Waals surface area contributed by atoms with Crippen LogP contribution in [0.4, 0.5) is 14.4 Å². The molecule has 1 fully saturated rings. The van der Waals surface area contributed by atoms with E-state index >= 15 is 0 Å². The number of ether oxygens (including phenoxy) is 5. The summed E-state index contributed by atoms with van der Waals surface area (Å²) in [7, 11) is 4.15. The summed E-state index contributed by atoms with van der Waals surface area (Å²) in [5.74, 6) is 0.364. The van der Waals surface area contributed by atoms with Gasteiger partial charge in [0.15, 0.2) is 23.0 Å². The lowest BCUT2D eigenvalue weighted by Crippen LogP contribution is -1.98. The summed E-state index contributed by atoms with van der Waals surface area (Å²) in [5.41, 5.74) is -0.516. The third-order valence-corrected chi connectivity index (χ3v) is 5.91. The van der Waals surface area contributed by atoms with Crippen molar-refractivity contribution in [3.63, 3.8) is 0 Å². The first-order valence-electron chi connectivity index (χ1n) is 11.2. The first-order chi connectivity index (χ1) is 18.4. The Labute approximate surface area is 238 Å². The average Bonchev–Trinajstić information content (AvgIpc) is 3.48. The molecular weight excluding hydrogens is 639 g/mol. The number of methoxy groups -OCH3 is 4. The van der Waals surface area contributed by atoms with Gasteiger partial charge in [-0.3, -0.25) is 10.1 Å². The largest absolute Gasteiger partial charge is 0.493 e. The van der Waals surface area contributed by atoms with E-state index in [1.807, 2.05) is 0 Å². The normalized spacial score (nSPS) is 11.3. The third-order valence-electron chi connectivity index (χ3n) is 4.40. The van der Waals surface area contributed by atoms with E-state index in [0.717, 1.165) is 25.3 Å². The molecule has 38 heavy (non-hydrogen) atoms. The van der Waals surface area contributed by atoms with Gasteiger partial charge in [-0.05, 0) is 44.7 Å². The molecule has 1 aliphatic rings. The van der Waals surface area contributed by atoms with Gasteiger partial charge in [0.25, 0.3) is 5.69 Å². The molecule has 0 aromatic heterocycles. The summed E-state index contributed by atoms with van der Waals surface area (Å²) < 4.78 is 55.0. The average molecular weight is 667 g/mol. The quantitative estimate of drug-likeness (QED) is 0.218. The fourth-order valence-corrected chi connectivity index (χ4v) is 4.01. The van der Waals surface area contributed by atoms with E-state index in [1.165, 1.54) is 48.1 Å². The number of hydrogen-bond donors (Lipinski definition) is 0. The van der Waals surface area contributed by atoms with Crippen LogP contribution in [0.15, 0.2) is 21.1 Å². The number of nitriles is 2. The minimum absolute atomic E-state index is 0.0948. The monoisotopic (exact) mass is 665 g/mol. The van der Waals surface area contributed by atoms with E-state index < -0.39 is 18.3 Å². The second-order valence-electron chi connectivity index (χ2n) is 6.62. The van der Waals surface area contributed by atoms with E-state index in [9.17, 15) is 18.8 Å². The van der Waals surface area contributed by atoms with Gasteiger partial charge < -0.3 is 28.0 Å². The summed E-state index contributed by atoms with van der Waals surface area (Å²) in [6.45, 7) is 3.17. The second kappa shape index (κ2) is 19.0. The van der Waals surface area contributed by atoms with E-state index in [2.05, 4.69) is 31.9 Å². The maximum absolute atomic E-state index is 13.2. The summed E-state index contributed by atoms with van der Waals surface area (Å²) in [6, 6.07) is 5.75. The van der Waals surface area contributed by atoms with Crippen LogP contribution in [0.2, 0.25) is 6.82 Å². The van der Waals surface area contributed by atoms with Crippen LogP contribution >= 0.6 is 31.9 Å². The van der Waals surface area contributed by atoms with Gasteiger partial charge in [-0.1, -0.05) is 6.82 Å². The lowest BCUT2D eigenvalue weighted by Gasteiger charge is -2.10. The zero-order chi connectivity index (χ0) is 30.1.